The van der Waals surface area contributed by atoms with Gasteiger partial charge in [-0.1, -0.05) is 38.1 Å². The van der Waals surface area contributed by atoms with Gasteiger partial charge in [0.15, 0.2) is 0 Å². The molecule has 156 valence electrons. The number of rotatable bonds is 9. The standard InChI is InChI=1S/C22H29N3O4/c1-14(2)12-17-6-8-18(9-7-17)15(3)23-16(4)22(26)24-20-11-10-19(25(27)28)13-21(20)29-5/h6-11,13-16,23H,12H2,1-5H3,(H,24,26)/t15-,16+/m1/s1. The Balaban J connectivity index is 2.00. The van der Waals surface area contributed by atoms with Crippen LogP contribution in [0.3, 0.4) is 0 Å². The van der Waals surface area contributed by atoms with Crippen molar-refractivity contribution in [3.05, 3.63) is 63.7 Å². The van der Waals surface area contributed by atoms with Crippen LogP contribution in [0.5, 0.6) is 5.75 Å². The highest BCUT2D eigenvalue weighted by Gasteiger charge is 2.19. The molecule has 0 spiro atoms. The first kappa shape index (κ1) is 22.4. The second-order valence-electron chi connectivity index (χ2n) is 7.58. The Morgan fingerprint density at radius 2 is 1.76 bits per heavy atom. The van der Waals surface area contributed by atoms with E-state index in [2.05, 4.69) is 48.7 Å². The molecule has 2 aromatic rings. The van der Waals surface area contributed by atoms with Gasteiger partial charge in [-0.15, -0.1) is 0 Å². The van der Waals surface area contributed by atoms with Crippen LogP contribution >= 0.6 is 0 Å². The molecule has 0 saturated carbocycles. The van der Waals surface area contributed by atoms with Gasteiger partial charge in [0, 0.05) is 12.1 Å². The molecule has 0 unspecified atom stereocenters. The summed E-state index contributed by atoms with van der Waals surface area (Å²) in [4.78, 5) is 23.0. The van der Waals surface area contributed by atoms with Crippen molar-refractivity contribution in [3.8, 4) is 5.75 Å². The summed E-state index contributed by atoms with van der Waals surface area (Å²) < 4.78 is 5.17. The molecule has 0 aromatic heterocycles. The van der Waals surface area contributed by atoms with E-state index in [0.29, 0.717) is 11.6 Å². The van der Waals surface area contributed by atoms with Crippen molar-refractivity contribution in [3.63, 3.8) is 0 Å². The summed E-state index contributed by atoms with van der Waals surface area (Å²) in [6.07, 6.45) is 1.04. The molecule has 1 amide bonds. The number of anilines is 1. The van der Waals surface area contributed by atoms with Crippen molar-refractivity contribution < 1.29 is 14.5 Å². The van der Waals surface area contributed by atoms with Crippen LogP contribution in [-0.2, 0) is 11.2 Å². The van der Waals surface area contributed by atoms with Crippen LogP contribution in [0.4, 0.5) is 11.4 Å². The highest BCUT2D eigenvalue weighted by molar-refractivity contribution is 5.96. The first-order chi connectivity index (χ1) is 13.7. The molecule has 0 aliphatic rings. The van der Waals surface area contributed by atoms with Crippen molar-refractivity contribution in [1.29, 1.82) is 0 Å². The van der Waals surface area contributed by atoms with E-state index in [0.717, 1.165) is 12.0 Å². The first-order valence-corrected chi connectivity index (χ1v) is 9.69. The minimum absolute atomic E-state index is 0.0115. The summed E-state index contributed by atoms with van der Waals surface area (Å²) in [7, 11) is 1.40. The number of nitrogens with one attached hydrogen (secondary N) is 2. The lowest BCUT2D eigenvalue weighted by Gasteiger charge is -2.21. The fourth-order valence-electron chi connectivity index (χ4n) is 3.10. The van der Waals surface area contributed by atoms with E-state index in [4.69, 9.17) is 4.74 Å². The Bertz CT molecular complexity index is 850. The van der Waals surface area contributed by atoms with Crippen LogP contribution in [0.2, 0.25) is 0 Å². The summed E-state index contributed by atoms with van der Waals surface area (Å²) >= 11 is 0. The summed E-state index contributed by atoms with van der Waals surface area (Å²) in [5.41, 5.74) is 2.69. The lowest BCUT2D eigenvalue weighted by Crippen LogP contribution is -2.39. The third-order valence-electron chi connectivity index (χ3n) is 4.67. The van der Waals surface area contributed by atoms with Gasteiger partial charge in [-0.3, -0.25) is 20.2 Å². The number of hydrogen-bond acceptors (Lipinski definition) is 5. The lowest BCUT2D eigenvalue weighted by molar-refractivity contribution is -0.384. The Kier molecular flexibility index (Phi) is 7.73. The van der Waals surface area contributed by atoms with E-state index >= 15 is 0 Å². The fraction of sp³-hybridized carbons (Fsp3) is 0.409. The van der Waals surface area contributed by atoms with E-state index in [1.54, 1.807) is 6.92 Å². The van der Waals surface area contributed by atoms with Crippen molar-refractivity contribution in [2.45, 2.75) is 46.2 Å². The number of nitrogens with zero attached hydrogens (tertiary/aromatic N) is 1. The summed E-state index contributed by atoms with van der Waals surface area (Å²) in [5, 5.41) is 16.9. The lowest BCUT2D eigenvalue weighted by atomic mass is 9.99. The number of methoxy groups -OCH3 is 1. The fourth-order valence-corrected chi connectivity index (χ4v) is 3.10. The number of nitro benzene ring substituents is 1. The van der Waals surface area contributed by atoms with Gasteiger partial charge in [0.05, 0.1) is 29.8 Å². The molecule has 7 nitrogen and oxygen atoms in total. The highest BCUT2D eigenvalue weighted by Crippen LogP contribution is 2.29. The zero-order chi connectivity index (χ0) is 21.6. The number of nitro groups is 1. The zero-order valence-electron chi connectivity index (χ0n) is 17.6. The Labute approximate surface area is 171 Å². The van der Waals surface area contributed by atoms with Gasteiger partial charge in [0.1, 0.15) is 5.75 Å². The molecule has 2 atom stereocenters. The summed E-state index contributed by atoms with van der Waals surface area (Å²) in [5.74, 6) is 0.602. The normalized spacial score (nSPS) is 13.0. The molecular formula is C22H29N3O4. The van der Waals surface area contributed by atoms with E-state index in [1.165, 1.54) is 30.9 Å². The van der Waals surface area contributed by atoms with Crippen LogP contribution in [0, 0.1) is 16.0 Å². The molecular weight excluding hydrogens is 370 g/mol. The molecule has 0 aliphatic heterocycles. The topological polar surface area (TPSA) is 93.5 Å². The Morgan fingerprint density at radius 3 is 2.31 bits per heavy atom. The summed E-state index contributed by atoms with van der Waals surface area (Å²) in [6.45, 7) is 8.17. The van der Waals surface area contributed by atoms with Gasteiger partial charge in [0.2, 0.25) is 5.91 Å². The minimum atomic E-state index is -0.508. The number of carbonyl (C=O) groups is 1. The average Bonchev–Trinajstić information content (AvgIpc) is 2.67. The van der Waals surface area contributed by atoms with Crippen LogP contribution in [-0.4, -0.2) is 24.0 Å². The Hall–Kier alpha value is -2.93. The molecule has 2 rings (SSSR count). The maximum Gasteiger partial charge on any atom is 0.273 e. The Morgan fingerprint density at radius 1 is 1.10 bits per heavy atom. The minimum Gasteiger partial charge on any atom is -0.494 e. The second-order valence-corrected chi connectivity index (χ2v) is 7.58. The van der Waals surface area contributed by atoms with E-state index in [9.17, 15) is 14.9 Å². The van der Waals surface area contributed by atoms with Crippen LogP contribution < -0.4 is 15.4 Å². The molecule has 0 saturated heterocycles. The van der Waals surface area contributed by atoms with Gasteiger partial charge in [-0.05, 0) is 43.4 Å². The monoisotopic (exact) mass is 399 g/mol. The SMILES string of the molecule is COc1cc([N+](=O)[O-])ccc1NC(=O)[C@H](C)N[C@H](C)c1ccc(CC(C)C)cc1. The molecule has 0 bridgehead atoms. The van der Waals surface area contributed by atoms with Gasteiger partial charge in [-0.2, -0.15) is 0 Å². The van der Waals surface area contributed by atoms with E-state index < -0.39 is 11.0 Å². The van der Waals surface area contributed by atoms with Crippen molar-refractivity contribution in [2.24, 2.45) is 5.92 Å². The predicted octanol–water partition coefficient (Wildman–Crippen LogP) is 4.48. The third-order valence-corrected chi connectivity index (χ3v) is 4.67. The van der Waals surface area contributed by atoms with Crippen LogP contribution in [0.15, 0.2) is 42.5 Å². The second kappa shape index (κ2) is 10.0. The maximum absolute atomic E-state index is 12.6. The first-order valence-electron chi connectivity index (χ1n) is 9.69. The molecule has 7 heteroatoms. The van der Waals surface area contributed by atoms with E-state index in [-0.39, 0.29) is 23.4 Å². The third kappa shape index (κ3) is 6.29. The number of non-ortho nitro benzene ring substituents is 1. The predicted molar refractivity (Wildman–Crippen MR) is 114 cm³/mol. The number of hydrogen-bond donors (Lipinski definition) is 2. The smallest absolute Gasteiger partial charge is 0.273 e. The molecule has 0 heterocycles. The average molecular weight is 399 g/mol. The van der Waals surface area contributed by atoms with Gasteiger partial charge in [-0.25, -0.2) is 0 Å². The zero-order valence-corrected chi connectivity index (χ0v) is 17.6. The van der Waals surface area contributed by atoms with Crippen LogP contribution in [0.1, 0.15) is 44.9 Å². The van der Waals surface area contributed by atoms with Gasteiger partial charge < -0.3 is 10.1 Å². The number of ether oxygens (including phenoxy) is 1. The maximum atomic E-state index is 12.6. The molecule has 29 heavy (non-hydrogen) atoms. The van der Waals surface area contributed by atoms with Gasteiger partial charge in [0.25, 0.3) is 5.69 Å². The molecule has 2 aromatic carbocycles. The molecule has 0 radical (unpaired) electrons. The summed E-state index contributed by atoms with van der Waals surface area (Å²) in [6, 6.07) is 12.0. The highest BCUT2D eigenvalue weighted by atomic mass is 16.6. The number of amides is 1. The number of carbonyl (C=O) groups excluding carboxylic acids is 1. The van der Waals surface area contributed by atoms with Gasteiger partial charge >= 0.3 is 0 Å². The quantitative estimate of drug-likeness (QED) is 0.479. The van der Waals surface area contributed by atoms with Crippen molar-refractivity contribution in [1.82, 2.24) is 5.32 Å². The largest absolute Gasteiger partial charge is 0.494 e. The van der Waals surface area contributed by atoms with Crippen molar-refractivity contribution >= 4 is 17.3 Å². The van der Waals surface area contributed by atoms with E-state index in [1.807, 2.05) is 6.92 Å². The van der Waals surface area contributed by atoms with Crippen LogP contribution in [0.25, 0.3) is 0 Å². The van der Waals surface area contributed by atoms with Crippen molar-refractivity contribution in [2.75, 3.05) is 12.4 Å². The molecule has 0 aliphatic carbocycles. The molecule has 2 N–H and O–H groups in total. The number of benzene rings is 2. The molecule has 0 fully saturated rings.